The average molecular weight is 414 g/mol. The number of rotatable bonds is 6. The number of hydrogen-bond donors (Lipinski definition) is 1. The number of dihydropyridines is 1. The summed E-state index contributed by atoms with van der Waals surface area (Å²) in [5.74, 6) is -1.66. The molecule has 0 bridgehead atoms. The Morgan fingerprint density at radius 3 is 2.59 bits per heavy atom. The van der Waals surface area contributed by atoms with Gasteiger partial charge in [-0.3, -0.25) is 15.1 Å². The van der Waals surface area contributed by atoms with E-state index in [2.05, 4.69) is 10.3 Å². The van der Waals surface area contributed by atoms with E-state index in [1.54, 1.807) is 26.0 Å². The summed E-state index contributed by atoms with van der Waals surface area (Å²) >= 11 is 6.27. The molecule has 1 aromatic heterocycles. The molecule has 0 fully saturated rings. The fourth-order valence-electron chi connectivity index (χ4n) is 3.36. The summed E-state index contributed by atoms with van der Waals surface area (Å²) in [4.78, 5) is 28.4. The Balaban J connectivity index is 1.91. The summed E-state index contributed by atoms with van der Waals surface area (Å²) in [6.07, 6.45) is 2.03. The van der Waals surface area contributed by atoms with Crippen molar-refractivity contribution in [3.8, 4) is 0 Å². The highest BCUT2D eigenvalue weighted by Crippen LogP contribution is 2.40. The summed E-state index contributed by atoms with van der Waals surface area (Å²) in [6, 6.07) is 12.8. The molecule has 7 nitrogen and oxygen atoms in total. The van der Waals surface area contributed by atoms with Crippen molar-refractivity contribution in [2.24, 2.45) is 0 Å². The third kappa shape index (κ3) is 4.46. The van der Waals surface area contributed by atoms with Crippen LogP contribution < -0.4 is 5.32 Å². The molecule has 8 heteroatoms. The molecule has 0 saturated carbocycles. The lowest BCUT2D eigenvalue weighted by atomic mass is 9.87. The van der Waals surface area contributed by atoms with E-state index >= 15 is 0 Å². The molecule has 1 aromatic carbocycles. The van der Waals surface area contributed by atoms with Gasteiger partial charge in [-0.15, -0.1) is 0 Å². The van der Waals surface area contributed by atoms with Gasteiger partial charge in [0.25, 0.3) is 5.70 Å². The lowest BCUT2D eigenvalue weighted by Gasteiger charge is -2.26. The molecule has 1 atom stereocenters. The van der Waals surface area contributed by atoms with Crippen molar-refractivity contribution in [3.63, 3.8) is 0 Å². The van der Waals surface area contributed by atoms with E-state index in [0.717, 1.165) is 5.56 Å². The predicted octanol–water partition coefficient (Wildman–Crippen LogP) is 3.99. The minimum atomic E-state index is -1.02. The zero-order valence-corrected chi connectivity index (χ0v) is 16.8. The number of benzene rings is 1. The fourth-order valence-corrected chi connectivity index (χ4v) is 3.59. The van der Waals surface area contributed by atoms with Crippen LogP contribution in [0.2, 0.25) is 5.02 Å². The zero-order chi connectivity index (χ0) is 21.0. The lowest BCUT2D eigenvalue weighted by molar-refractivity contribution is -0.431. The standard InChI is InChI=1S/C21H20ClN3O4/c1-13-17(21(26)29-12-10-15-7-4-3-5-8-15)18(19-16(22)9-6-11-23-19)20(25(27)28)14(2)24-13/h3-9,11,18,24H,10,12H2,1-2H3/t18-/m0/s1. The van der Waals surface area contributed by atoms with Crippen molar-refractivity contribution in [1.29, 1.82) is 0 Å². The second-order valence-electron chi connectivity index (χ2n) is 6.61. The SMILES string of the molecule is CC1=C(C(=O)OCCc2ccccc2)[C@@H](c2ncccc2Cl)C([N+](=O)[O-])=C(C)N1. The molecular weight excluding hydrogens is 394 g/mol. The first-order valence-corrected chi connectivity index (χ1v) is 9.42. The van der Waals surface area contributed by atoms with Crippen LogP contribution in [0.3, 0.4) is 0 Å². The smallest absolute Gasteiger partial charge is 0.337 e. The Kier molecular flexibility index (Phi) is 6.29. The van der Waals surface area contributed by atoms with Crippen LogP contribution in [0.5, 0.6) is 0 Å². The molecule has 0 spiro atoms. The van der Waals surface area contributed by atoms with Gasteiger partial charge < -0.3 is 10.1 Å². The third-order valence-electron chi connectivity index (χ3n) is 4.67. The summed E-state index contributed by atoms with van der Waals surface area (Å²) in [5.41, 5.74) is 2.04. The molecule has 1 aliphatic rings. The number of hydrogen-bond acceptors (Lipinski definition) is 6. The summed E-state index contributed by atoms with van der Waals surface area (Å²) in [5, 5.41) is 15.0. The van der Waals surface area contributed by atoms with Gasteiger partial charge in [0.1, 0.15) is 5.92 Å². The average Bonchev–Trinajstić information content (AvgIpc) is 2.68. The molecule has 29 heavy (non-hydrogen) atoms. The van der Waals surface area contributed by atoms with E-state index < -0.39 is 16.8 Å². The van der Waals surface area contributed by atoms with Gasteiger partial charge >= 0.3 is 5.97 Å². The van der Waals surface area contributed by atoms with E-state index in [-0.39, 0.29) is 28.6 Å². The number of carbonyl (C=O) groups excluding carboxylic acids is 1. The van der Waals surface area contributed by atoms with Crippen LogP contribution in [0.25, 0.3) is 0 Å². The molecule has 150 valence electrons. The van der Waals surface area contributed by atoms with E-state index in [1.807, 2.05) is 30.3 Å². The van der Waals surface area contributed by atoms with E-state index in [9.17, 15) is 14.9 Å². The van der Waals surface area contributed by atoms with Crippen LogP contribution in [-0.2, 0) is 16.0 Å². The van der Waals surface area contributed by atoms with Crippen molar-refractivity contribution in [2.45, 2.75) is 26.2 Å². The number of nitrogens with zero attached hydrogens (tertiary/aromatic N) is 2. The molecule has 1 aliphatic heterocycles. The van der Waals surface area contributed by atoms with Gasteiger partial charge in [0.2, 0.25) is 0 Å². The van der Waals surface area contributed by atoms with Gasteiger partial charge in [-0.2, -0.15) is 0 Å². The Labute approximate surface area is 173 Å². The maximum Gasteiger partial charge on any atom is 0.337 e. The molecule has 0 saturated heterocycles. The van der Waals surface area contributed by atoms with E-state index in [1.165, 1.54) is 6.20 Å². The van der Waals surface area contributed by atoms with Crippen LogP contribution in [0.4, 0.5) is 0 Å². The van der Waals surface area contributed by atoms with Crippen molar-refractivity contribution in [2.75, 3.05) is 6.61 Å². The molecule has 1 N–H and O–H groups in total. The molecule has 0 aliphatic carbocycles. The maximum absolute atomic E-state index is 12.9. The van der Waals surface area contributed by atoms with E-state index in [0.29, 0.717) is 17.8 Å². The number of allylic oxidation sites excluding steroid dienone is 3. The first-order chi connectivity index (χ1) is 13.9. The quantitative estimate of drug-likeness (QED) is 0.437. The number of nitrogens with one attached hydrogen (secondary N) is 1. The number of aromatic nitrogens is 1. The number of esters is 1. The number of carbonyl (C=O) groups is 1. The van der Waals surface area contributed by atoms with Gasteiger partial charge in [-0.25, -0.2) is 4.79 Å². The Morgan fingerprint density at radius 1 is 1.21 bits per heavy atom. The minimum Gasteiger partial charge on any atom is -0.462 e. The summed E-state index contributed by atoms with van der Waals surface area (Å²) < 4.78 is 5.46. The fraction of sp³-hybridized carbons (Fsp3) is 0.238. The van der Waals surface area contributed by atoms with Gasteiger partial charge in [0.05, 0.1) is 33.5 Å². The summed E-state index contributed by atoms with van der Waals surface area (Å²) in [6.45, 7) is 3.42. The number of nitro groups is 1. The monoisotopic (exact) mass is 413 g/mol. The molecule has 2 heterocycles. The normalized spacial score (nSPS) is 16.4. The van der Waals surface area contributed by atoms with Gasteiger partial charge in [0.15, 0.2) is 0 Å². The number of ether oxygens (including phenoxy) is 1. The molecule has 0 radical (unpaired) electrons. The van der Waals surface area contributed by atoms with Crippen LogP contribution in [-0.4, -0.2) is 22.5 Å². The Hall–Kier alpha value is -3.19. The predicted molar refractivity (Wildman–Crippen MR) is 109 cm³/mol. The van der Waals surface area contributed by atoms with Crippen molar-refractivity contribution in [3.05, 3.63) is 97.7 Å². The minimum absolute atomic E-state index is 0.135. The van der Waals surface area contributed by atoms with Crippen LogP contribution >= 0.6 is 11.6 Å². The van der Waals surface area contributed by atoms with Gasteiger partial charge in [-0.1, -0.05) is 41.9 Å². The molecule has 3 rings (SSSR count). The van der Waals surface area contributed by atoms with Gasteiger partial charge in [-0.05, 0) is 31.5 Å². The highest BCUT2D eigenvalue weighted by molar-refractivity contribution is 6.31. The second kappa shape index (κ2) is 8.87. The van der Waals surface area contributed by atoms with Crippen LogP contribution in [0.1, 0.15) is 31.0 Å². The maximum atomic E-state index is 12.9. The van der Waals surface area contributed by atoms with Gasteiger partial charge in [0, 0.05) is 18.3 Å². The molecular formula is C21H20ClN3O4. The van der Waals surface area contributed by atoms with Crippen LogP contribution in [0, 0.1) is 10.1 Å². The van der Waals surface area contributed by atoms with E-state index in [4.69, 9.17) is 16.3 Å². The van der Waals surface area contributed by atoms with Crippen molar-refractivity contribution in [1.82, 2.24) is 10.3 Å². The first kappa shape index (κ1) is 20.5. The lowest BCUT2D eigenvalue weighted by Crippen LogP contribution is -2.32. The molecule has 0 unspecified atom stereocenters. The first-order valence-electron chi connectivity index (χ1n) is 9.04. The number of pyridine rings is 1. The van der Waals surface area contributed by atoms with Crippen LogP contribution in [0.15, 0.2) is 71.3 Å². The topological polar surface area (TPSA) is 94.4 Å². The van der Waals surface area contributed by atoms with Crippen molar-refractivity contribution >= 4 is 17.6 Å². The van der Waals surface area contributed by atoms with Crippen molar-refractivity contribution < 1.29 is 14.5 Å². The summed E-state index contributed by atoms with van der Waals surface area (Å²) in [7, 11) is 0. The molecule has 2 aromatic rings. The third-order valence-corrected chi connectivity index (χ3v) is 4.99. The highest BCUT2D eigenvalue weighted by Gasteiger charge is 2.42. The Bertz CT molecular complexity index is 1000. The largest absolute Gasteiger partial charge is 0.462 e. The second-order valence-corrected chi connectivity index (χ2v) is 7.01. The molecule has 0 amide bonds. The Morgan fingerprint density at radius 2 is 1.93 bits per heavy atom. The zero-order valence-electron chi connectivity index (χ0n) is 16.0. The number of halogens is 1. The highest BCUT2D eigenvalue weighted by atomic mass is 35.5.